The molecule has 1 heterocycles. The molecule has 8 nitrogen and oxygen atoms in total. The van der Waals surface area contributed by atoms with Gasteiger partial charge in [0.15, 0.2) is 0 Å². The van der Waals surface area contributed by atoms with Crippen molar-refractivity contribution in [2.24, 2.45) is 0 Å². The molecule has 0 saturated heterocycles. The highest BCUT2D eigenvalue weighted by Crippen LogP contribution is 1.84. The zero-order chi connectivity index (χ0) is 12.7. The highest BCUT2D eigenvalue weighted by molar-refractivity contribution is 5.96. The minimum Gasteiger partial charge on any atom is -0.341 e. The second kappa shape index (κ2) is 6.59. The maximum atomic E-state index is 11.4. The fraction of sp³-hybridized carbons (Fsp3) is 0.556. The first-order chi connectivity index (χ1) is 8.13. The molecule has 0 aromatic carbocycles. The number of imide groups is 1. The molecule has 0 aliphatic heterocycles. The van der Waals surface area contributed by atoms with Crippen molar-refractivity contribution in [3.05, 3.63) is 12.4 Å². The third kappa shape index (κ3) is 4.60. The average Bonchev–Trinajstić information content (AvgIpc) is 2.81. The van der Waals surface area contributed by atoms with Gasteiger partial charge < -0.3 is 10.6 Å². The summed E-state index contributed by atoms with van der Waals surface area (Å²) in [6, 6.07) is -0.962. The van der Waals surface area contributed by atoms with E-state index in [1.54, 1.807) is 24.0 Å². The number of rotatable bonds is 5. The molecule has 1 aromatic heterocycles. The van der Waals surface area contributed by atoms with Crippen LogP contribution in [0.15, 0.2) is 12.4 Å². The van der Waals surface area contributed by atoms with Gasteiger partial charge in [0.25, 0.3) is 0 Å². The molecule has 0 radical (unpaired) electrons. The van der Waals surface area contributed by atoms with Gasteiger partial charge in [-0.2, -0.15) is 0 Å². The molecule has 1 aromatic rings. The second-order valence-electron chi connectivity index (χ2n) is 3.41. The second-order valence-corrected chi connectivity index (χ2v) is 3.41. The molecule has 1 atom stereocenters. The van der Waals surface area contributed by atoms with Crippen molar-refractivity contribution >= 4 is 11.9 Å². The minimum atomic E-state index is -0.514. The Bertz CT molecular complexity index is 364. The van der Waals surface area contributed by atoms with Crippen LogP contribution in [0.1, 0.15) is 6.92 Å². The quantitative estimate of drug-likeness (QED) is 0.594. The molecule has 0 spiro atoms. The highest BCUT2D eigenvalue weighted by Gasteiger charge is 2.13. The molecule has 1 unspecified atom stereocenters. The van der Waals surface area contributed by atoms with Crippen LogP contribution in [0, 0.1) is 0 Å². The van der Waals surface area contributed by atoms with E-state index >= 15 is 0 Å². The van der Waals surface area contributed by atoms with E-state index in [9.17, 15) is 9.59 Å². The third-order valence-corrected chi connectivity index (χ3v) is 2.12. The van der Waals surface area contributed by atoms with Crippen molar-refractivity contribution in [3.8, 4) is 0 Å². The van der Waals surface area contributed by atoms with Crippen LogP contribution in [0.5, 0.6) is 0 Å². The largest absolute Gasteiger partial charge is 0.341 e. The van der Waals surface area contributed by atoms with Gasteiger partial charge in [0.2, 0.25) is 5.91 Å². The van der Waals surface area contributed by atoms with E-state index in [1.165, 1.54) is 7.05 Å². The van der Waals surface area contributed by atoms with Crippen LogP contribution < -0.4 is 16.0 Å². The van der Waals surface area contributed by atoms with E-state index < -0.39 is 12.1 Å². The summed E-state index contributed by atoms with van der Waals surface area (Å²) in [7, 11) is 1.45. The van der Waals surface area contributed by atoms with Crippen molar-refractivity contribution in [2.75, 3.05) is 13.6 Å². The van der Waals surface area contributed by atoms with E-state index in [-0.39, 0.29) is 5.91 Å². The Kier molecular flexibility index (Phi) is 5.08. The van der Waals surface area contributed by atoms with Crippen LogP contribution in [-0.2, 0) is 11.3 Å². The fourth-order valence-electron chi connectivity index (χ4n) is 1.12. The van der Waals surface area contributed by atoms with Crippen molar-refractivity contribution in [1.82, 2.24) is 30.9 Å². The summed E-state index contributed by atoms with van der Waals surface area (Å²) in [5.41, 5.74) is 0. The lowest BCUT2D eigenvalue weighted by Gasteiger charge is -2.12. The van der Waals surface area contributed by atoms with E-state index in [2.05, 4.69) is 26.3 Å². The number of carbonyl (C=O) groups is 2. The molecule has 0 aliphatic rings. The lowest BCUT2D eigenvalue weighted by Crippen LogP contribution is -2.47. The molecule has 0 aliphatic carbocycles. The van der Waals surface area contributed by atoms with Crippen LogP contribution >= 0.6 is 0 Å². The van der Waals surface area contributed by atoms with Crippen LogP contribution in [0.3, 0.4) is 0 Å². The summed E-state index contributed by atoms with van der Waals surface area (Å²) < 4.78 is 1.65. The van der Waals surface area contributed by atoms with E-state index in [0.29, 0.717) is 13.1 Å². The first-order valence-electron chi connectivity index (χ1n) is 5.23. The predicted molar refractivity (Wildman–Crippen MR) is 60.1 cm³/mol. The zero-order valence-electron chi connectivity index (χ0n) is 9.80. The maximum Gasteiger partial charge on any atom is 0.321 e. The average molecular weight is 240 g/mol. The molecule has 94 valence electrons. The first kappa shape index (κ1) is 13.1. The standard InChI is InChI=1S/C9H16N6O2/c1-7(8(16)13-9(17)10-2)11-3-5-15-6-4-12-14-15/h4,6-7,11H,3,5H2,1-2H3,(H2,10,13,16,17). The topological polar surface area (TPSA) is 101 Å². The Morgan fingerprint density at radius 3 is 2.82 bits per heavy atom. The number of nitrogens with one attached hydrogen (secondary N) is 3. The van der Waals surface area contributed by atoms with Gasteiger partial charge in [0, 0.05) is 19.8 Å². The first-order valence-corrected chi connectivity index (χ1v) is 5.23. The Morgan fingerprint density at radius 1 is 1.47 bits per heavy atom. The van der Waals surface area contributed by atoms with Crippen LogP contribution in [0.4, 0.5) is 4.79 Å². The molecule has 8 heteroatoms. The molecule has 1 rings (SSSR count). The monoisotopic (exact) mass is 240 g/mol. The van der Waals surface area contributed by atoms with Gasteiger partial charge in [-0.25, -0.2) is 4.79 Å². The summed E-state index contributed by atoms with van der Waals surface area (Å²) in [5, 5.41) is 14.9. The maximum absolute atomic E-state index is 11.4. The van der Waals surface area contributed by atoms with Gasteiger partial charge in [0.1, 0.15) is 0 Å². The van der Waals surface area contributed by atoms with Crippen LogP contribution in [-0.4, -0.2) is 46.6 Å². The van der Waals surface area contributed by atoms with E-state index in [4.69, 9.17) is 0 Å². The Labute approximate surface area is 98.8 Å². The fourth-order valence-corrected chi connectivity index (χ4v) is 1.12. The zero-order valence-corrected chi connectivity index (χ0v) is 9.80. The molecular weight excluding hydrogens is 224 g/mol. The van der Waals surface area contributed by atoms with Gasteiger partial charge >= 0.3 is 6.03 Å². The number of urea groups is 1. The number of amides is 3. The van der Waals surface area contributed by atoms with Crippen molar-refractivity contribution < 1.29 is 9.59 Å². The van der Waals surface area contributed by atoms with E-state index in [1.807, 2.05) is 0 Å². The molecule has 0 fully saturated rings. The summed E-state index contributed by atoms with van der Waals surface area (Å²) in [6.07, 6.45) is 3.32. The van der Waals surface area contributed by atoms with E-state index in [0.717, 1.165) is 0 Å². The number of nitrogens with zero attached hydrogens (tertiary/aromatic N) is 3. The Hall–Kier alpha value is -1.96. The number of hydrogen-bond acceptors (Lipinski definition) is 5. The summed E-state index contributed by atoms with van der Waals surface area (Å²) >= 11 is 0. The molecule has 0 bridgehead atoms. The molecule has 3 N–H and O–H groups in total. The third-order valence-electron chi connectivity index (χ3n) is 2.12. The number of carbonyl (C=O) groups excluding carboxylic acids is 2. The minimum absolute atomic E-state index is 0.372. The normalized spacial score (nSPS) is 11.9. The SMILES string of the molecule is CNC(=O)NC(=O)C(C)NCCn1ccnn1. The van der Waals surface area contributed by atoms with Crippen molar-refractivity contribution in [1.29, 1.82) is 0 Å². The lowest BCUT2D eigenvalue weighted by molar-refractivity contribution is -0.121. The predicted octanol–water partition coefficient (Wildman–Crippen LogP) is -1.29. The molecule has 0 saturated carbocycles. The number of hydrogen-bond donors (Lipinski definition) is 3. The molecule has 3 amide bonds. The van der Waals surface area contributed by atoms with Gasteiger partial charge in [-0.1, -0.05) is 5.21 Å². The smallest absolute Gasteiger partial charge is 0.321 e. The van der Waals surface area contributed by atoms with Crippen LogP contribution in [0.25, 0.3) is 0 Å². The number of aromatic nitrogens is 3. The lowest BCUT2D eigenvalue weighted by atomic mass is 10.3. The highest BCUT2D eigenvalue weighted by atomic mass is 16.2. The van der Waals surface area contributed by atoms with Gasteiger partial charge in [0.05, 0.1) is 18.8 Å². The van der Waals surface area contributed by atoms with Crippen molar-refractivity contribution in [2.45, 2.75) is 19.5 Å². The summed E-state index contributed by atoms with van der Waals surface area (Å²) in [6.45, 7) is 2.85. The van der Waals surface area contributed by atoms with Gasteiger partial charge in [-0.05, 0) is 6.92 Å². The van der Waals surface area contributed by atoms with Crippen molar-refractivity contribution in [3.63, 3.8) is 0 Å². The summed E-state index contributed by atoms with van der Waals surface area (Å²) in [5.74, 6) is -0.372. The Morgan fingerprint density at radius 2 is 2.24 bits per heavy atom. The summed E-state index contributed by atoms with van der Waals surface area (Å²) in [4.78, 5) is 22.3. The Balaban J connectivity index is 2.22. The van der Waals surface area contributed by atoms with Gasteiger partial charge in [-0.3, -0.25) is 14.8 Å². The molecule has 17 heavy (non-hydrogen) atoms. The van der Waals surface area contributed by atoms with Crippen LogP contribution in [0.2, 0.25) is 0 Å². The van der Waals surface area contributed by atoms with Gasteiger partial charge in [-0.15, -0.1) is 5.10 Å². The molecular formula is C9H16N6O2.